The van der Waals surface area contributed by atoms with Gasteiger partial charge < -0.3 is 0 Å². The van der Waals surface area contributed by atoms with Crippen molar-refractivity contribution in [1.29, 1.82) is 0 Å². The van der Waals surface area contributed by atoms with Crippen molar-refractivity contribution in [3.8, 4) is 22.3 Å². The zero-order valence-corrected chi connectivity index (χ0v) is 31.0. The predicted molar refractivity (Wildman–Crippen MR) is 185 cm³/mol. The second-order valence-electron chi connectivity index (χ2n) is 13.5. The van der Waals surface area contributed by atoms with Crippen molar-refractivity contribution in [2.45, 2.75) is 69.3 Å². The van der Waals surface area contributed by atoms with Gasteiger partial charge in [-0.1, -0.05) is 0 Å². The first-order valence-electron chi connectivity index (χ1n) is 16.1. The van der Waals surface area contributed by atoms with Gasteiger partial charge in [0, 0.05) is 0 Å². The van der Waals surface area contributed by atoms with Crippen LogP contribution in [0.4, 0.5) is 0 Å². The number of fused-ring (bicyclic) bond motifs is 2. The molecule has 0 saturated heterocycles. The summed E-state index contributed by atoms with van der Waals surface area (Å²) >= 11 is -3.78. The van der Waals surface area contributed by atoms with Crippen LogP contribution in [0.2, 0.25) is 22.0 Å². The van der Waals surface area contributed by atoms with Crippen LogP contribution < -0.4 is 0 Å². The molecule has 0 amide bonds. The quantitative estimate of drug-likeness (QED) is 0.158. The summed E-state index contributed by atoms with van der Waals surface area (Å²) in [6.07, 6.45) is 13.8. The fourth-order valence-corrected chi connectivity index (χ4v) is 52.8. The molecule has 0 heterocycles. The zero-order valence-electron chi connectivity index (χ0n) is 26.4. The van der Waals surface area contributed by atoms with Crippen LogP contribution in [0.1, 0.15) is 67.9 Å². The molecule has 2 heteroatoms. The summed E-state index contributed by atoms with van der Waals surface area (Å²) < 4.78 is 6.88. The second kappa shape index (κ2) is 11.5. The van der Waals surface area contributed by atoms with Crippen molar-refractivity contribution >= 4 is 17.6 Å². The molecule has 4 aromatic rings. The third-order valence-corrected chi connectivity index (χ3v) is 69.2. The zero-order chi connectivity index (χ0) is 29.5. The Labute approximate surface area is 255 Å². The van der Waals surface area contributed by atoms with Gasteiger partial charge in [0.25, 0.3) is 0 Å². The summed E-state index contributed by atoms with van der Waals surface area (Å²) in [5.41, 5.74) is 14.1. The Morgan fingerprint density at radius 1 is 0.571 bits per heavy atom. The van der Waals surface area contributed by atoms with E-state index in [1.165, 1.54) is 57.0 Å². The monoisotopic (exact) mass is 734 g/mol. The Hall–Kier alpha value is -2.55. The summed E-state index contributed by atoms with van der Waals surface area (Å²) in [6.45, 7) is 9.68. The first-order valence-corrected chi connectivity index (χ1v) is 35.1. The Kier molecular flexibility index (Phi) is 8.09. The number of benzene rings is 4. The molecule has 0 radical (unpaired) electrons. The fraction of sp³-hybridized carbons (Fsp3) is 0.300. The molecule has 0 N–H and O–H groups in total. The van der Waals surface area contributed by atoms with Crippen LogP contribution in [0, 0.1) is 0 Å². The van der Waals surface area contributed by atoms with Crippen LogP contribution in [0.3, 0.4) is 0 Å². The number of allylic oxidation sites excluding steroid dienone is 2. The Balaban J connectivity index is 1.55. The molecule has 214 valence electrons. The van der Waals surface area contributed by atoms with E-state index in [1.807, 2.05) is 0 Å². The Morgan fingerprint density at radius 2 is 1.00 bits per heavy atom. The van der Waals surface area contributed by atoms with Crippen molar-refractivity contribution in [3.05, 3.63) is 130 Å². The van der Waals surface area contributed by atoms with E-state index in [2.05, 4.69) is 146 Å². The minimum absolute atomic E-state index is 0.573. The van der Waals surface area contributed by atoms with Gasteiger partial charge in [-0.25, -0.2) is 0 Å². The van der Waals surface area contributed by atoms with E-state index in [4.69, 9.17) is 0 Å². The van der Waals surface area contributed by atoms with Gasteiger partial charge in [0.2, 0.25) is 0 Å². The number of aryl methyl sites for hydroxylation is 2. The van der Waals surface area contributed by atoms with Crippen LogP contribution >= 0.6 is 0 Å². The van der Waals surface area contributed by atoms with E-state index in [1.54, 1.807) is 11.1 Å². The average molecular weight is 733 g/mol. The van der Waals surface area contributed by atoms with Crippen LogP contribution in [-0.2, 0) is 30.0 Å². The molecule has 0 aliphatic heterocycles. The average Bonchev–Trinajstić information content (AvgIpc) is 3.67. The van der Waals surface area contributed by atoms with Gasteiger partial charge in [0.05, 0.1) is 0 Å². The molecule has 0 nitrogen and oxygen atoms in total. The van der Waals surface area contributed by atoms with Gasteiger partial charge >= 0.3 is 257 Å². The van der Waals surface area contributed by atoms with Crippen LogP contribution in [0.15, 0.2) is 97.1 Å². The molecular weight excluding hydrogens is 687 g/mol. The number of rotatable bonds is 8. The molecule has 0 aromatic heterocycles. The molecule has 0 spiro atoms. The standard InChI is InChI=1S/2C17H15.C4H10Si.2CH3.Hf/c2*1-2-13-7-3-4-10-15(13)17-12-6-9-14-8-5-11-16(14)17;1-3-4-5-2;;;/h2*3-12H,2H2,1H3;3-4H2,1-2H3;2*1H3;. The molecule has 0 saturated carbocycles. The van der Waals surface area contributed by atoms with Crippen LogP contribution in [0.25, 0.3) is 34.4 Å². The molecule has 2 unspecified atom stereocenters. The first-order chi connectivity index (χ1) is 20.3. The van der Waals surface area contributed by atoms with E-state index in [0.29, 0.717) is 7.35 Å². The Bertz CT molecular complexity index is 1680. The van der Waals surface area contributed by atoms with E-state index < -0.39 is 22.6 Å². The Morgan fingerprint density at radius 3 is 1.43 bits per heavy atom. The van der Waals surface area contributed by atoms with Gasteiger partial charge in [-0.15, -0.1) is 0 Å². The van der Waals surface area contributed by atoms with Gasteiger partial charge in [-0.2, -0.15) is 0 Å². The van der Waals surface area contributed by atoms with E-state index >= 15 is 0 Å². The topological polar surface area (TPSA) is 0 Å². The molecule has 2 aliphatic rings. The SMILES string of the molecule is CCC[Si](C)=[Hf]([CH3])([CH3])([CH]1C=Cc2c(-c3ccccc3CC)cccc21)[CH]1C=Cc2c(-c3ccccc3CC)cccc21. The van der Waals surface area contributed by atoms with Crippen LogP contribution in [0.5, 0.6) is 0 Å². The molecule has 42 heavy (non-hydrogen) atoms. The number of hydrogen-bond acceptors (Lipinski definition) is 0. The maximum absolute atomic E-state index is 3.78. The third-order valence-electron chi connectivity index (χ3n) is 11.1. The van der Waals surface area contributed by atoms with Crippen molar-refractivity contribution < 1.29 is 17.1 Å². The maximum atomic E-state index is 2.87. The summed E-state index contributed by atoms with van der Waals surface area (Å²) in [5.74, 6) is 0. The number of hydrogen-bond donors (Lipinski definition) is 0. The molecule has 2 aliphatic carbocycles. The van der Waals surface area contributed by atoms with Gasteiger partial charge in [-0.05, 0) is 0 Å². The van der Waals surface area contributed by atoms with Gasteiger partial charge in [-0.3, -0.25) is 0 Å². The van der Waals surface area contributed by atoms with Gasteiger partial charge in [0.1, 0.15) is 0 Å². The molecule has 4 aromatic carbocycles. The van der Waals surface area contributed by atoms with E-state index in [9.17, 15) is 0 Å². The summed E-state index contributed by atoms with van der Waals surface area (Å²) in [6, 6.07) is 33.8. The van der Waals surface area contributed by atoms with Crippen LogP contribution in [-0.4, -0.2) is 5.49 Å². The fourth-order valence-electron chi connectivity index (χ4n) is 8.37. The first kappa shape index (κ1) is 29.5. The van der Waals surface area contributed by atoms with E-state index in [-0.39, 0.29) is 0 Å². The summed E-state index contributed by atoms with van der Waals surface area (Å²) in [4.78, 5) is 0. The molecular formula is C40H46HfSi. The molecule has 2 atom stereocenters. The van der Waals surface area contributed by atoms with E-state index in [0.717, 1.165) is 12.8 Å². The minimum atomic E-state index is -3.78. The third kappa shape index (κ3) is 4.56. The van der Waals surface area contributed by atoms with Crippen molar-refractivity contribution in [1.82, 2.24) is 0 Å². The second-order valence-corrected chi connectivity index (χ2v) is 60.8. The summed E-state index contributed by atoms with van der Waals surface area (Å²) in [5, 5.41) is 0. The predicted octanol–water partition coefficient (Wildman–Crippen LogP) is 11.8. The normalized spacial score (nSPS) is 17.4. The van der Waals surface area contributed by atoms with Crippen molar-refractivity contribution in [3.63, 3.8) is 0 Å². The van der Waals surface area contributed by atoms with Gasteiger partial charge in [0.15, 0.2) is 0 Å². The summed E-state index contributed by atoms with van der Waals surface area (Å²) in [7, 11) is 0. The molecule has 6 rings (SSSR count). The van der Waals surface area contributed by atoms with Crippen molar-refractivity contribution in [2.24, 2.45) is 0 Å². The van der Waals surface area contributed by atoms with Crippen molar-refractivity contribution in [2.75, 3.05) is 0 Å². The molecule has 0 fully saturated rings. The molecule has 0 bridgehead atoms.